The van der Waals surface area contributed by atoms with Crippen LogP contribution in [0.3, 0.4) is 0 Å². The van der Waals surface area contributed by atoms with Crippen molar-refractivity contribution in [2.75, 3.05) is 0 Å². The number of rotatable bonds is 2. The third-order valence-corrected chi connectivity index (χ3v) is 10.1. The second kappa shape index (κ2) is 9.11. The van der Waals surface area contributed by atoms with E-state index in [-0.39, 0.29) is 5.41 Å². The Morgan fingerprint density at radius 3 is 1.53 bits per heavy atom. The molecular formula is C44H27N. The third kappa shape index (κ3) is 3.35. The molecular weight excluding hydrogens is 542 g/mol. The summed E-state index contributed by atoms with van der Waals surface area (Å²) in [6, 6.07) is 58.4. The fourth-order valence-electron chi connectivity index (χ4n) is 8.11. The Morgan fingerprint density at radius 1 is 0.333 bits per heavy atom. The van der Waals surface area contributed by atoms with Gasteiger partial charge in [-0.05, 0) is 120 Å². The number of hydrogen-bond acceptors (Lipinski definition) is 1. The van der Waals surface area contributed by atoms with Gasteiger partial charge in [0.25, 0.3) is 0 Å². The van der Waals surface area contributed by atoms with Gasteiger partial charge in [-0.2, -0.15) is 0 Å². The van der Waals surface area contributed by atoms with Gasteiger partial charge in [0, 0.05) is 11.8 Å². The lowest BCUT2D eigenvalue weighted by Crippen LogP contribution is -2.25. The Kier molecular flexibility index (Phi) is 4.99. The van der Waals surface area contributed by atoms with Gasteiger partial charge >= 0.3 is 0 Å². The Hall–Kier alpha value is -5.79. The average molecular weight is 570 g/mol. The van der Waals surface area contributed by atoms with Gasteiger partial charge in [-0.1, -0.05) is 115 Å². The second-order valence-electron chi connectivity index (χ2n) is 12.3. The van der Waals surface area contributed by atoms with Crippen molar-refractivity contribution < 1.29 is 0 Å². The van der Waals surface area contributed by atoms with E-state index in [1.165, 1.54) is 77.2 Å². The molecule has 0 radical (unpaired) electrons. The molecule has 10 rings (SSSR count). The zero-order valence-electron chi connectivity index (χ0n) is 24.5. The minimum atomic E-state index is -0.365. The van der Waals surface area contributed by atoms with Crippen LogP contribution in [0.4, 0.5) is 0 Å². The molecule has 8 aromatic rings. The molecule has 0 fully saturated rings. The molecule has 1 heterocycles. The van der Waals surface area contributed by atoms with Gasteiger partial charge in [0.2, 0.25) is 0 Å². The maximum absolute atomic E-state index is 4.53. The van der Waals surface area contributed by atoms with Crippen molar-refractivity contribution in [3.63, 3.8) is 0 Å². The van der Waals surface area contributed by atoms with E-state index in [0.717, 1.165) is 11.3 Å². The highest BCUT2D eigenvalue weighted by atomic mass is 14.7. The van der Waals surface area contributed by atoms with Gasteiger partial charge in [-0.3, -0.25) is 4.98 Å². The standard InChI is InChI=1S/C44H27N/c1-2-10-31-26-41-37(24-30(31)9-1)38-25-33-21-20-32(28-16-18-29(19-17-28)43-15-7-8-22-45-43)23-34(33)27-42(38)44(41)39-13-5-3-11-35(39)36-12-4-6-14-40(36)44/h1-27H. The van der Waals surface area contributed by atoms with Crippen molar-refractivity contribution in [2.24, 2.45) is 0 Å². The minimum Gasteiger partial charge on any atom is -0.256 e. The molecule has 1 heteroatoms. The summed E-state index contributed by atoms with van der Waals surface area (Å²) in [6.45, 7) is 0. The van der Waals surface area contributed by atoms with E-state index < -0.39 is 0 Å². The first-order valence-corrected chi connectivity index (χ1v) is 15.6. The third-order valence-electron chi connectivity index (χ3n) is 10.1. The first kappa shape index (κ1) is 24.6. The Bertz CT molecular complexity index is 2420. The number of benzene rings is 7. The zero-order chi connectivity index (χ0) is 29.5. The molecule has 1 nitrogen and oxygen atoms in total. The molecule has 7 aromatic carbocycles. The first-order chi connectivity index (χ1) is 22.3. The normalized spacial score (nSPS) is 13.5. The van der Waals surface area contributed by atoms with E-state index in [4.69, 9.17) is 0 Å². The quantitative estimate of drug-likeness (QED) is 0.202. The Balaban J connectivity index is 1.23. The van der Waals surface area contributed by atoms with Gasteiger partial charge in [0.1, 0.15) is 0 Å². The fraction of sp³-hybridized carbons (Fsp3) is 0.0227. The second-order valence-corrected chi connectivity index (χ2v) is 12.3. The van der Waals surface area contributed by atoms with Crippen LogP contribution < -0.4 is 0 Å². The lowest BCUT2D eigenvalue weighted by molar-refractivity contribution is 0.796. The number of aromatic nitrogens is 1. The lowest BCUT2D eigenvalue weighted by Gasteiger charge is -2.30. The van der Waals surface area contributed by atoms with Crippen molar-refractivity contribution in [3.05, 3.63) is 186 Å². The van der Waals surface area contributed by atoms with E-state index in [9.17, 15) is 0 Å². The highest BCUT2D eigenvalue weighted by Crippen LogP contribution is 2.63. The summed E-state index contributed by atoms with van der Waals surface area (Å²) < 4.78 is 0. The summed E-state index contributed by atoms with van der Waals surface area (Å²) in [5.74, 6) is 0. The topological polar surface area (TPSA) is 12.9 Å². The predicted molar refractivity (Wildman–Crippen MR) is 186 cm³/mol. The van der Waals surface area contributed by atoms with Gasteiger partial charge in [-0.25, -0.2) is 0 Å². The molecule has 1 aromatic heterocycles. The summed E-state index contributed by atoms with van der Waals surface area (Å²) in [7, 11) is 0. The number of pyridine rings is 1. The van der Waals surface area contributed by atoms with E-state index in [2.05, 4.69) is 151 Å². The molecule has 45 heavy (non-hydrogen) atoms. The van der Waals surface area contributed by atoms with Gasteiger partial charge in [0.15, 0.2) is 0 Å². The van der Waals surface area contributed by atoms with Crippen LogP contribution in [0.1, 0.15) is 22.3 Å². The van der Waals surface area contributed by atoms with E-state index >= 15 is 0 Å². The molecule has 0 aliphatic heterocycles. The maximum atomic E-state index is 4.53. The summed E-state index contributed by atoms with van der Waals surface area (Å²) in [6.07, 6.45) is 1.85. The monoisotopic (exact) mass is 569 g/mol. The van der Waals surface area contributed by atoms with Crippen LogP contribution in [0, 0.1) is 0 Å². The van der Waals surface area contributed by atoms with Crippen LogP contribution in [0.5, 0.6) is 0 Å². The van der Waals surface area contributed by atoms with E-state index in [1.54, 1.807) is 0 Å². The van der Waals surface area contributed by atoms with Crippen molar-refractivity contribution in [2.45, 2.75) is 5.41 Å². The van der Waals surface area contributed by atoms with Crippen LogP contribution in [0.25, 0.3) is 66.2 Å². The molecule has 0 saturated carbocycles. The SMILES string of the molecule is c1ccc(-c2ccc(-c3ccc4cc5c(cc4c3)C3(c4ccccc4-c4ccccc43)c3cc4ccccc4cc3-5)cc2)nc1. The Morgan fingerprint density at radius 2 is 0.867 bits per heavy atom. The summed E-state index contributed by atoms with van der Waals surface area (Å²) in [5, 5.41) is 5.09. The molecule has 0 unspecified atom stereocenters. The smallest absolute Gasteiger partial charge is 0.0725 e. The fourth-order valence-corrected chi connectivity index (χ4v) is 8.11. The molecule has 0 amide bonds. The number of hydrogen-bond donors (Lipinski definition) is 0. The summed E-state index contributed by atoms with van der Waals surface area (Å²) >= 11 is 0. The highest BCUT2D eigenvalue weighted by Gasteiger charge is 2.51. The minimum absolute atomic E-state index is 0.365. The van der Waals surface area contributed by atoms with Crippen molar-refractivity contribution >= 4 is 21.5 Å². The lowest BCUT2D eigenvalue weighted by atomic mass is 9.70. The molecule has 0 saturated heterocycles. The largest absolute Gasteiger partial charge is 0.256 e. The van der Waals surface area contributed by atoms with E-state index in [0.29, 0.717) is 0 Å². The van der Waals surface area contributed by atoms with Crippen molar-refractivity contribution in [1.29, 1.82) is 0 Å². The molecule has 0 N–H and O–H groups in total. The van der Waals surface area contributed by atoms with E-state index in [1.807, 2.05) is 18.3 Å². The molecule has 2 aliphatic carbocycles. The van der Waals surface area contributed by atoms with Gasteiger partial charge in [0.05, 0.1) is 11.1 Å². The molecule has 2 aliphatic rings. The summed E-state index contributed by atoms with van der Waals surface area (Å²) in [4.78, 5) is 4.53. The van der Waals surface area contributed by atoms with Crippen molar-refractivity contribution in [1.82, 2.24) is 4.98 Å². The van der Waals surface area contributed by atoms with Crippen molar-refractivity contribution in [3.8, 4) is 44.6 Å². The van der Waals surface area contributed by atoms with Crippen LogP contribution in [-0.4, -0.2) is 4.98 Å². The van der Waals surface area contributed by atoms with Crippen LogP contribution >= 0.6 is 0 Å². The molecule has 0 atom stereocenters. The predicted octanol–water partition coefficient (Wildman–Crippen LogP) is 11.1. The maximum Gasteiger partial charge on any atom is 0.0725 e. The van der Waals surface area contributed by atoms with Gasteiger partial charge < -0.3 is 0 Å². The number of nitrogens with zero attached hydrogens (tertiary/aromatic N) is 1. The number of fused-ring (bicyclic) bond motifs is 12. The van der Waals surface area contributed by atoms with Crippen LogP contribution in [0.15, 0.2) is 164 Å². The molecule has 1 spiro atoms. The first-order valence-electron chi connectivity index (χ1n) is 15.6. The molecule has 0 bridgehead atoms. The van der Waals surface area contributed by atoms with Gasteiger partial charge in [-0.15, -0.1) is 0 Å². The highest BCUT2D eigenvalue weighted by molar-refractivity contribution is 6.03. The average Bonchev–Trinajstić information content (AvgIpc) is 3.56. The zero-order valence-corrected chi connectivity index (χ0v) is 24.5. The van der Waals surface area contributed by atoms with Crippen LogP contribution in [0.2, 0.25) is 0 Å². The Labute approximate surface area is 262 Å². The summed E-state index contributed by atoms with van der Waals surface area (Å²) in [5.41, 5.74) is 15.0. The van der Waals surface area contributed by atoms with Crippen LogP contribution in [-0.2, 0) is 5.41 Å². The molecule has 208 valence electrons.